The average Bonchev–Trinajstić information content (AvgIpc) is 3.43. The number of nitrogen functional groups attached to an aromatic ring is 1. The minimum absolute atomic E-state index is 0.215. The number of aromatic nitrogens is 6. The van der Waals surface area contributed by atoms with Crippen LogP contribution in [0.3, 0.4) is 0 Å². The van der Waals surface area contributed by atoms with E-state index in [9.17, 15) is 4.79 Å². The molecule has 0 radical (unpaired) electrons. The van der Waals surface area contributed by atoms with Gasteiger partial charge in [-0.25, -0.2) is 9.97 Å². The number of nitrogens with two attached hydrogens (primary N) is 1. The van der Waals surface area contributed by atoms with Crippen molar-refractivity contribution < 1.29 is 4.79 Å². The van der Waals surface area contributed by atoms with Crippen LogP contribution in [0.2, 0.25) is 0 Å². The molecule has 0 aliphatic heterocycles. The molecule has 0 saturated carbocycles. The van der Waals surface area contributed by atoms with E-state index in [0.29, 0.717) is 23.6 Å². The number of nitrogens with one attached hydrogen (secondary N) is 1. The number of hydrogen-bond acceptors (Lipinski definition) is 6. The van der Waals surface area contributed by atoms with Crippen LogP contribution in [0.15, 0.2) is 79.7 Å². The maximum Gasteiger partial charge on any atom is 0.250 e. The molecule has 0 fully saturated rings. The molecule has 4 aromatic heterocycles. The van der Waals surface area contributed by atoms with Crippen molar-refractivity contribution in [3.05, 3.63) is 85.2 Å². The van der Waals surface area contributed by atoms with Crippen molar-refractivity contribution in [2.75, 3.05) is 11.1 Å². The maximum atomic E-state index is 12.0. The normalized spacial score (nSPS) is 11.0. The third-order valence-corrected chi connectivity index (χ3v) is 5.82. The zero-order valence-corrected chi connectivity index (χ0v) is 19.4. The molecule has 1 aromatic carbocycles. The van der Waals surface area contributed by atoms with E-state index in [1.807, 2.05) is 65.1 Å². The standard InChI is InChI=1S/C26H24N8O/c1-16(2)26(35)32-20-6-4-18(5-7-20)23-21(22-24(27)29-15-30-25(22)33(23)3)19-12-31-34(14-19)13-17-8-10-28-11-9-17/h4-12,14-15H,1,13H2,2-3H3,(H,32,35)(H2,27,29,30). The van der Waals surface area contributed by atoms with Crippen LogP contribution < -0.4 is 11.1 Å². The van der Waals surface area contributed by atoms with Crippen LogP contribution in [0.25, 0.3) is 33.4 Å². The molecule has 0 unspecified atom stereocenters. The van der Waals surface area contributed by atoms with Gasteiger partial charge in [0.25, 0.3) is 5.91 Å². The second-order valence-corrected chi connectivity index (χ2v) is 8.33. The van der Waals surface area contributed by atoms with Gasteiger partial charge in [0.1, 0.15) is 17.8 Å². The van der Waals surface area contributed by atoms with Gasteiger partial charge >= 0.3 is 0 Å². The van der Waals surface area contributed by atoms with E-state index in [2.05, 4.69) is 31.9 Å². The first kappa shape index (κ1) is 22.0. The summed E-state index contributed by atoms with van der Waals surface area (Å²) in [5.74, 6) is 0.187. The highest BCUT2D eigenvalue weighted by Crippen LogP contribution is 2.41. The van der Waals surface area contributed by atoms with Gasteiger partial charge < -0.3 is 15.6 Å². The third-order valence-electron chi connectivity index (χ3n) is 5.82. The van der Waals surface area contributed by atoms with E-state index in [4.69, 9.17) is 5.73 Å². The summed E-state index contributed by atoms with van der Waals surface area (Å²) in [6, 6.07) is 11.6. The number of anilines is 2. The van der Waals surface area contributed by atoms with E-state index < -0.39 is 0 Å². The number of benzene rings is 1. The summed E-state index contributed by atoms with van der Waals surface area (Å²) < 4.78 is 3.88. The molecule has 9 nitrogen and oxygen atoms in total. The van der Waals surface area contributed by atoms with Crippen LogP contribution >= 0.6 is 0 Å². The quantitative estimate of drug-likeness (QED) is 0.366. The van der Waals surface area contributed by atoms with Crippen molar-refractivity contribution in [1.29, 1.82) is 0 Å². The molecule has 0 saturated heterocycles. The molecule has 5 rings (SSSR count). The van der Waals surface area contributed by atoms with Crippen LogP contribution in [0, 0.1) is 0 Å². The fourth-order valence-corrected chi connectivity index (χ4v) is 4.10. The summed E-state index contributed by atoms with van der Waals surface area (Å²) in [6.45, 7) is 5.97. The highest BCUT2D eigenvalue weighted by atomic mass is 16.1. The second-order valence-electron chi connectivity index (χ2n) is 8.33. The Kier molecular flexibility index (Phi) is 5.58. The minimum atomic E-state index is -0.215. The van der Waals surface area contributed by atoms with Crippen molar-refractivity contribution in [3.8, 4) is 22.4 Å². The molecule has 0 aliphatic carbocycles. The second kappa shape index (κ2) is 8.86. The van der Waals surface area contributed by atoms with Gasteiger partial charge in [-0.1, -0.05) is 18.7 Å². The number of fused-ring (bicyclic) bond motifs is 1. The summed E-state index contributed by atoms with van der Waals surface area (Å²) in [6.07, 6.45) is 8.82. The van der Waals surface area contributed by atoms with Gasteiger partial charge in [0, 0.05) is 48.0 Å². The summed E-state index contributed by atoms with van der Waals surface area (Å²) in [7, 11) is 1.95. The van der Waals surface area contributed by atoms with Gasteiger partial charge in [-0.05, 0) is 42.3 Å². The Balaban J connectivity index is 1.61. The van der Waals surface area contributed by atoms with E-state index in [0.717, 1.165) is 39.0 Å². The van der Waals surface area contributed by atoms with Crippen molar-refractivity contribution in [2.45, 2.75) is 13.5 Å². The van der Waals surface area contributed by atoms with Crippen molar-refractivity contribution in [1.82, 2.24) is 29.3 Å². The van der Waals surface area contributed by atoms with Gasteiger partial charge in [0.2, 0.25) is 0 Å². The lowest BCUT2D eigenvalue weighted by Crippen LogP contribution is -2.11. The molecular weight excluding hydrogens is 440 g/mol. The lowest BCUT2D eigenvalue weighted by Gasteiger charge is -2.10. The minimum Gasteiger partial charge on any atom is -0.383 e. The zero-order chi connectivity index (χ0) is 24.5. The average molecular weight is 465 g/mol. The van der Waals surface area contributed by atoms with Gasteiger partial charge in [-0.2, -0.15) is 5.10 Å². The molecule has 0 spiro atoms. The van der Waals surface area contributed by atoms with Crippen molar-refractivity contribution >= 4 is 28.4 Å². The summed E-state index contributed by atoms with van der Waals surface area (Å²) in [5, 5.41) is 8.19. The Hall–Kier alpha value is -4.79. The fourth-order valence-electron chi connectivity index (χ4n) is 4.10. The number of rotatable bonds is 6. The maximum absolute atomic E-state index is 12.0. The van der Waals surface area contributed by atoms with E-state index >= 15 is 0 Å². The van der Waals surface area contributed by atoms with Gasteiger partial charge in [-0.3, -0.25) is 14.5 Å². The first-order valence-electron chi connectivity index (χ1n) is 11.0. The van der Waals surface area contributed by atoms with E-state index in [1.165, 1.54) is 6.33 Å². The number of carbonyl (C=O) groups is 1. The monoisotopic (exact) mass is 464 g/mol. The van der Waals surface area contributed by atoms with Crippen LogP contribution in [-0.4, -0.2) is 35.2 Å². The predicted molar refractivity (Wildman–Crippen MR) is 136 cm³/mol. The van der Waals surface area contributed by atoms with Crippen LogP contribution in [0.5, 0.6) is 0 Å². The Morgan fingerprint density at radius 2 is 1.83 bits per heavy atom. The molecular formula is C26H24N8O. The third kappa shape index (κ3) is 4.15. The fraction of sp³-hybridized carbons (Fsp3) is 0.115. The van der Waals surface area contributed by atoms with Crippen molar-refractivity contribution in [2.24, 2.45) is 7.05 Å². The Morgan fingerprint density at radius 3 is 2.54 bits per heavy atom. The lowest BCUT2D eigenvalue weighted by molar-refractivity contribution is -0.112. The predicted octanol–water partition coefficient (Wildman–Crippen LogP) is 4.04. The van der Waals surface area contributed by atoms with Gasteiger partial charge in [-0.15, -0.1) is 0 Å². The van der Waals surface area contributed by atoms with E-state index in [1.54, 1.807) is 19.3 Å². The highest BCUT2D eigenvalue weighted by molar-refractivity contribution is 6.08. The molecule has 4 heterocycles. The smallest absolute Gasteiger partial charge is 0.250 e. The van der Waals surface area contributed by atoms with Crippen LogP contribution in [0.1, 0.15) is 12.5 Å². The molecule has 5 aromatic rings. The molecule has 9 heteroatoms. The Bertz CT molecular complexity index is 1550. The number of nitrogens with zero attached hydrogens (tertiary/aromatic N) is 6. The van der Waals surface area contributed by atoms with Crippen LogP contribution in [-0.2, 0) is 18.4 Å². The molecule has 1 amide bonds. The van der Waals surface area contributed by atoms with Crippen molar-refractivity contribution in [3.63, 3.8) is 0 Å². The summed E-state index contributed by atoms with van der Waals surface area (Å²) >= 11 is 0. The molecule has 0 atom stereocenters. The molecule has 0 aliphatic rings. The lowest BCUT2D eigenvalue weighted by atomic mass is 10.0. The zero-order valence-electron chi connectivity index (χ0n) is 19.4. The Morgan fingerprint density at radius 1 is 1.09 bits per heavy atom. The molecule has 35 heavy (non-hydrogen) atoms. The number of aryl methyl sites for hydroxylation is 1. The first-order chi connectivity index (χ1) is 16.9. The SMILES string of the molecule is C=C(C)C(=O)Nc1ccc(-c2c(-c3cnn(Cc4ccncc4)c3)c3c(N)ncnc3n2C)cc1. The number of pyridine rings is 1. The molecule has 174 valence electrons. The first-order valence-corrected chi connectivity index (χ1v) is 11.0. The highest BCUT2D eigenvalue weighted by Gasteiger charge is 2.23. The Labute approximate surface area is 202 Å². The topological polar surface area (TPSA) is 117 Å². The largest absolute Gasteiger partial charge is 0.383 e. The van der Waals surface area contributed by atoms with Crippen LogP contribution in [0.4, 0.5) is 11.5 Å². The van der Waals surface area contributed by atoms with Gasteiger partial charge in [0.05, 0.1) is 23.8 Å². The van der Waals surface area contributed by atoms with E-state index in [-0.39, 0.29) is 5.91 Å². The molecule has 3 N–H and O–H groups in total. The number of hydrogen-bond donors (Lipinski definition) is 2. The number of carbonyl (C=O) groups excluding carboxylic acids is 1. The number of amides is 1. The summed E-state index contributed by atoms with van der Waals surface area (Å²) in [5.41, 5.74) is 13.0. The van der Waals surface area contributed by atoms with Gasteiger partial charge in [0.15, 0.2) is 0 Å². The summed E-state index contributed by atoms with van der Waals surface area (Å²) in [4.78, 5) is 24.8. The molecule has 0 bridgehead atoms.